The molecule has 2 atom stereocenters. The molecule has 5 heteroatoms. The van der Waals surface area contributed by atoms with Crippen molar-refractivity contribution in [3.63, 3.8) is 0 Å². The first-order valence-corrected chi connectivity index (χ1v) is 7.27. The molecule has 0 spiro atoms. The third kappa shape index (κ3) is 5.28. The van der Waals surface area contributed by atoms with Crippen LogP contribution in [-0.4, -0.2) is 27.2 Å². The number of hydrogen-bond donors (Lipinski definition) is 1. The van der Waals surface area contributed by atoms with E-state index < -0.39 is 10.8 Å². The number of rotatable bonds is 5. The van der Waals surface area contributed by atoms with Crippen LogP contribution in [0.15, 0.2) is 22.9 Å². The zero-order chi connectivity index (χ0) is 11.3. The van der Waals surface area contributed by atoms with E-state index in [4.69, 9.17) is 0 Å². The lowest BCUT2D eigenvalue weighted by molar-refractivity contribution is 0.678. The van der Waals surface area contributed by atoms with E-state index in [1.165, 1.54) is 0 Å². The van der Waals surface area contributed by atoms with E-state index in [1.807, 2.05) is 6.07 Å². The number of nitrogens with zero attached hydrogens (tertiary/aromatic N) is 1. The van der Waals surface area contributed by atoms with Gasteiger partial charge in [-0.15, -0.1) is 0 Å². The van der Waals surface area contributed by atoms with Crippen molar-refractivity contribution in [1.82, 2.24) is 4.98 Å². The van der Waals surface area contributed by atoms with Gasteiger partial charge in [0.2, 0.25) is 0 Å². The molecule has 0 amide bonds. The van der Waals surface area contributed by atoms with Crippen molar-refractivity contribution >= 4 is 32.4 Å². The van der Waals surface area contributed by atoms with Gasteiger partial charge < -0.3 is 5.32 Å². The summed E-state index contributed by atoms with van der Waals surface area (Å²) in [7, 11) is -0.713. The second-order valence-electron chi connectivity index (χ2n) is 3.50. The van der Waals surface area contributed by atoms with E-state index in [1.54, 1.807) is 18.6 Å². The molecule has 0 aliphatic heterocycles. The van der Waals surface area contributed by atoms with E-state index in [0.29, 0.717) is 6.04 Å². The van der Waals surface area contributed by atoms with Crippen LogP contribution in [0.5, 0.6) is 0 Å². The van der Waals surface area contributed by atoms with Crippen LogP contribution in [0.3, 0.4) is 0 Å². The van der Waals surface area contributed by atoms with Gasteiger partial charge in [-0.1, -0.05) is 0 Å². The van der Waals surface area contributed by atoms with Crippen LogP contribution >= 0.6 is 15.9 Å². The summed E-state index contributed by atoms with van der Waals surface area (Å²) in [6.45, 7) is 2.08. The molecule has 2 unspecified atom stereocenters. The zero-order valence-electron chi connectivity index (χ0n) is 8.87. The minimum absolute atomic E-state index is 0.310. The molecule has 0 aliphatic rings. The van der Waals surface area contributed by atoms with Gasteiger partial charge in [0.1, 0.15) is 0 Å². The molecule has 1 heterocycles. The molecule has 0 saturated carbocycles. The first-order valence-electron chi connectivity index (χ1n) is 4.75. The van der Waals surface area contributed by atoms with Crippen LogP contribution in [0.2, 0.25) is 0 Å². The summed E-state index contributed by atoms with van der Waals surface area (Å²) in [5.41, 5.74) is 0.985. The Kier molecular flexibility index (Phi) is 5.25. The quantitative estimate of drug-likeness (QED) is 0.906. The Morgan fingerprint density at radius 2 is 2.33 bits per heavy atom. The van der Waals surface area contributed by atoms with Gasteiger partial charge >= 0.3 is 0 Å². The highest BCUT2D eigenvalue weighted by molar-refractivity contribution is 9.10. The molecule has 0 aromatic carbocycles. The lowest BCUT2D eigenvalue weighted by atomic mass is 10.2. The standard InChI is InChI=1S/C10H15BrN2OS/c1-8(3-4-15(2)14)13-10-5-9(11)6-12-7-10/h5-8,13H,3-4H2,1-2H3. The Hall–Kier alpha value is -0.420. The zero-order valence-corrected chi connectivity index (χ0v) is 11.3. The molecule has 0 saturated heterocycles. The fraction of sp³-hybridized carbons (Fsp3) is 0.500. The summed E-state index contributed by atoms with van der Waals surface area (Å²) in [4.78, 5) is 4.06. The number of anilines is 1. The van der Waals surface area contributed by atoms with Gasteiger partial charge in [0.05, 0.1) is 11.9 Å². The predicted octanol–water partition coefficient (Wildman–Crippen LogP) is 2.41. The van der Waals surface area contributed by atoms with Crippen molar-refractivity contribution < 1.29 is 4.21 Å². The van der Waals surface area contributed by atoms with E-state index in [2.05, 4.69) is 33.2 Å². The Balaban J connectivity index is 2.44. The number of pyridine rings is 1. The Labute approximate surface area is 101 Å². The van der Waals surface area contributed by atoms with Crippen molar-refractivity contribution in [3.05, 3.63) is 22.9 Å². The van der Waals surface area contributed by atoms with Gasteiger partial charge in [0.15, 0.2) is 0 Å². The van der Waals surface area contributed by atoms with Crippen LogP contribution in [0, 0.1) is 0 Å². The summed E-state index contributed by atoms with van der Waals surface area (Å²) < 4.78 is 11.9. The van der Waals surface area contributed by atoms with E-state index >= 15 is 0 Å². The maximum Gasteiger partial charge on any atom is 0.0540 e. The lowest BCUT2D eigenvalue weighted by Crippen LogP contribution is -2.17. The van der Waals surface area contributed by atoms with E-state index in [-0.39, 0.29) is 0 Å². The molecule has 15 heavy (non-hydrogen) atoms. The molecule has 1 aromatic heterocycles. The first-order chi connectivity index (χ1) is 7.08. The van der Waals surface area contributed by atoms with Gasteiger partial charge in [-0.3, -0.25) is 9.19 Å². The van der Waals surface area contributed by atoms with Crippen molar-refractivity contribution in [2.24, 2.45) is 0 Å². The summed E-state index contributed by atoms with van der Waals surface area (Å²) in [6.07, 6.45) is 6.16. The minimum Gasteiger partial charge on any atom is -0.381 e. The van der Waals surface area contributed by atoms with Crippen molar-refractivity contribution in [2.45, 2.75) is 19.4 Å². The average Bonchev–Trinajstić information content (AvgIpc) is 2.15. The highest BCUT2D eigenvalue weighted by atomic mass is 79.9. The maximum atomic E-state index is 10.9. The number of hydrogen-bond acceptors (Lipinski definition) is 3. The third-order valence-electron chi connectivity index (χ3n) is 1.96. The number of halogens is 1. The molecular weight excluding hydrogens is 276 g/mol. The van der Waals surface area contributed by atoms with Crippen molar-refractivity contribution in [2.75, 3.05) is 17.3 Å². The second-order valence-corrected chi connectivity index (χ2v) is 5.97. The molecule has 84 valence electrons. The first kappa shape index (κ1) is 12.6. The Morgan fingerprint density at radius 1 is 1.60 bits per heavy atom. The smallest absolute Gasteiger partial charge is 0.0540 e. The second kappa shape index (κ2) is 6.23. The number of aromatic nitrogens is 1. The monoisotopic (exact) mass is 290 g/mol. The molecule has 1 N–H and O–H groups in total. The van der Waals surface area contributed by atoms with E-state index in [0.717, 1.165) is 22.3 Å². The normalized spacial score (nSPS) is 14.6. The molecule has 3 nitrogen and oxygen atoms in total. The van der Waals surface area contributed by atoms with Crippen LogP contribution in [0.25, 0.3) is 0 Å². The topological polar surface area (TPSA) is 42.0 Å². The predicted molar refractivity (Wildman–Crippen MR) is 68.6 cm³/mol. The summed E-state index contributed by atoms with van der Waals surface area (Å²) in [5, 5.41) is 3.31. The van der Waals surface area contributed by atoms with Crippen LogP contribution in [-0.2, 0) is 10.8 Å². The highest BCUT2D eigenvalue weighted by Crippen LogP contribution is 2.15. The Morgan fingerprint density at radius 3 is 2.93 bits per heavy atom. The number of nitrogens with one attached hydrogen (secondary N) is 1. The maximum absolute atomic E-state index is 10.9. The largest absolute Gasteiger partial charge is 0.381 e. The molecular formula is C10H15BrN2OS. The van der Waals surface area contributed by atoms with Crippen molar-refractivity contribution in [1.29, 1.82) is 0 Å². The van der Waals surface area contributed by atoms with Gasteiger partial charge in [-0.2, -0.15) is 0 Å². The molecule has 0 fully saturated rings. The average molecular weight is 291 g/mol. The molecule has 1 aromatic rings. The van der Waals surface area contributed by atoms with Crippen LogP contribution < -0.4 is 5.32 Å². The van der Waals surface area contributed by atoms with E-state index in [9.17, 15) is 4.21 Å². The van der Waals surface area contributed by atoms with Gasteiger partial charge in [0.25, 0.3) is 0 Å². The summed E-state index contributed by atoms with van der Waals surface area (Å²) in [5.74, 6) is 0.732. The fourth-order valence-corrected chi connectivity index (χ4v) is 2.24. The van der Waals surface area contributed by atoms with Crippen LogP contribution in [0.1, 0.15) is 13.3 Å². The van der Waals surface area contributed by atoms with Crippen LogP contribution in [0.4, 0.5) is 5.69 Å². The third-order valence-corrected chi connectivity index (χ3v) is 3.20. The van der Waals surface area contributed by atoms with Gasteiger partial charge in [0, 0.05) is 39.5 Å². The fourth-order valence-electron chi connectivity index (χ4n) is 1.19. The molecule has 0 aliphatic carbocycles. The summed E-state index contributed by atoms with van der Waals surface area (Å²) in [6, 6.07) is 2.29. The van der Waals surface area contributed by atoms with Gasteiger partial charge in [-0.05, 0) is 35.3 Å². The minimum atomic E-state index is -0.713. The molecule has 0 radical (unpaired) electrons. The highest BCUT2D eigenvalue weighted by Gasteiger charge is 2.03. The van der Waals surface area contributed by atoms with Gasteiger partial charge in [-0.25, -0.2) is 0 Å². The molecule has 1 rings (SSSR count). The SMILES string of the molecule is CC(CCS(C)=O)Nc1cncc(Br)c1. The Bertz CT molecular complexity index is 346. The van der Waals surface area contributed by atoms with Crippen molar-refractivity contribution in [3.8, 4) is 0 Å². The molecule has 0 bridgehead atoms. The lowest BCUT2D eigenvalue weighted by Gasteiger charge is -2.14. The summed E-state index contributed by atoms with van der Waals surface area (Å²) >= 11 is 3.36.